The van der Waals surface area contributed by atoms with Crippen LogP contribution >= 0.6 is 11.6 Å². The highest BCUT2D eigenvalue weighted by atomic mass is 35.5. The van der Waals surface area contributed by atoms with Gasteiger partial charge in [-0.05, 0) is 50.1 Å². The number of rotatable bonds is 4. The van der Waals surface area contributed by atoms with Gasteiger partial charge in [-0.15, -0.1) is 5.10 Å². The van der Waals surface area contributed by atoms with E-state index >= 15 is 0 Å². The van der Waals surface area contributed by atoms with Gasteiger partial charge in [-0.1, -0.05) is 28.9 Å². The minimum absolute atomic E-state index is 0.179. The molecule has 11 heteroatoms. The Kier molecular flexibility index (Phi) is 6.00. The van der Waals surface area contributed by atoms with Gasteiger partial charge in [0.2, 0.25) is 0 Å². The number of ether oxygens (including phenoxy) is 1. The van der Waals surface area contributed by atoms with Crippen molar-refractivity contribution in [2.75, 3.05) is 24.6 Å². The second-order valence-corrected chi connectivity index (χ2v) is 8.80. The quantitative estimate of drug-likeness (QED) is 0.347. The van der Waals surface area contributed by atoms with Crippen LogP contribution in [0.3, 0.4) is 0 Å². The molecular weight excluding hydrogens is 483 g/mol. The number of halogens is 4. The van der Waals surface area contributed by atoms with Gasteiger partial charge in [-0.25, -0.2) is 4.98 Å². The Morgan fingerprint density at radius 3 is 2.66 bits per heavy atom. The van der Waals surface area contributed by atoms with Crippen LogP contribution in [-0.4, -0.2) is 45.5 Å². The van der Waals surface area contributed by atoms with Gasteiger partial charge in [0.05, 0.1) is 23.6 Å². The summed E-state index contributed by atoms with van der Waals surface area (Å²) in [6.45, 7) is 3.25. The fraction of sp³-hybridized carbons (Fsp3) is 0.333. The maximum atomic E-state index is 13.3. The second kappa shape index (κ2) is 8.99. The first-order valence-electron chi connectivity index (χ1n) is 11.2. The molecule has 182 valence electrons. The van der Waals surface area contributed by atoms with Crippen molar-refractivity contribution in [3.05, 3.63) is 53.1 Å². The van der Waals surface area contributed by atoms with Crippen LogP contribution in [0.15, 0.2) is 42.5 Å². The molecule has 0 aliphatic carbocycles. The SMILES string of the molecule is CCOC(=O)C1CCN(c2nc3c(-c4cccc(C(F)(F)F)c4)nnn3c3ccc(Cl)cc23)CC1. The number of aromatic nitrogens is 4. The number of benzene rings is 2. The molecule has 0 radical (unpaired) electrons. The summed E-state index contributed by atoms with van der Waals surface area (Å²) >= 11 is 6.28. The molecule has 1 aliphatic rings. The second-order valence-electron chi connectivity index (χ2n) is 8.36. The van der Waals surface area contributed by atoms with Crippen molar-refractivity contribution in [3.8, 4) is 11.3 Å². The number of fused-ring (bicyclic) bond motifs is 3. The average molecular weight is 504 g/mol. The van der Waals surface area contributed by atoms with Crippen molar-refractivity contribution in [1.29, 1.82) is 0 Å². The Morgan fingerprint density at radius 1 is 1.17 bits per heavy atom. The van der Waals surface area contributed by atoms with Crippen LogP contribution in [0, 0.1) is 5.92 Å². The molecule has 2 aromatic carbocycles. The van der Waals surface area contributed by atoms with Crippen molar-refractivity contribution in [2.24, 2.45) is 5.92 Å². The van der Waals surface area contributed by atoms with E-state index in [1.807, 2.05) is 0 Å². The lowest BCUT2D eigenvalue weighted by molar-refractivity contribution is -0.148. The summed E-state index contributed by atoms with van der Waals surface area (Å²) in [5, 5.41) is 9.61. The molecule has 2 aromatic heterocycles. The summed E-state index contributed by atoms with van der Waals surface area (Å²) in [6.07, 6.45) is -3.28. The zero-order chi connectivity index (χ0) is 24.7. The normalized spacial score (nSPS) is 15.2. The Morgan fingerprint density at radius 2 is 1.94 bits per heavy atom. The van der Waals surface area contributed by atoms with Crippen molar-refractivity contribution in [2.45, 2.75) is 25.9 Å². The molecule has 4 aromatic rings. The van der Waals surface area contributed by atoms with Crippen molar-refractivity contribution < 1.29 is 22.7 Å². The number of piperidine rings is 1. The van der Waals surface area contributed by atoms with Crippen LogP contribution in [0.2, 0.25) is 5.02 Å². The van der Waals surface area contributed by atoms with E-state index in [2.05, 4.69) is 15.2 Å². The van der Waals surface area contributed by atoms with Gasteiger partial charge in [0.25, 0.3) is 0 Å². The third-order valence-electron chi connectivity index (χ3n) is 6.16. The maximum absolute atomic E-state index is 13.3. The lowest BCUT2D eigenvalue weighted by Crippen LogP contribution is -2.37. The Balaban J connectivity index is 1.60. The van der Waals surface area contributed by atoms with Gasteiger partial charge < -0.3 is 9.64 Å². The molecule has 35 heavy (non-hydrogen) atoms. The minimum Gasteiger partial charge on any atom is -0.466 e. The highest BCUT2D eigenvalue weighted by molar-refractivity contribution is 6.31. The summed E-state index contributed by atoms with van der Waals surface area (Å²) in [7, 11) is 0. The van der Waals surface area contributed by atoms with E-state index in [0.717, 1.165) is 17.5 Å². The molecule has 1 saturated heterocycles. The largest absolute Gasteiger partial charge is 0.466 e. The molecule has 5 rings (SSSR count). The molecule has 3 heterocycles. The Bertz CT molecular complexity index is 1410. The van der Waals surface area contributed by atoms with Gasteiger partial charge >= 0.3 is 12.1 Å². The highest BCUT2D eigenvalue weighted by Crippen LogP contribution is 2.35. The molecule has 0 atom stereocenters. The lowest BCUT2D eigenvalue weighted by atomic mass is 9.97. The number of carbonyl (C=O) groups excluding carboxylic acids is 1. The van der Waals surface area contributed by atoms with E-state index in [0.29, 0.717) is 54.5 Å². The summed E-state index contributed by atoms with van der Waals surface area (Å²) in [5.41, 5.74) is 0.748. The lowest BCUT2D eigenvalue weighted by Gasteiger charge is -2.32. The number of alkyl halides is 3. The van der Waals surface area contributed by atoms with E-state index in [9.17, 15) is 18.0 Å². The molecular formula is C24H21ClF3N5O2. The summed E-state index contributed by atoms with van der Waals surface area (Å²) in [5.74, 6) is 0.241. The van der Waals surface area contributed by atoms with E-state index in [1.165, 1.54) is 10.6 Å². The predicted octanol–water partition coefficient (Wildman–Crippen LogP) is 5.40. The van der Waals surface area contributed by atoms with Crippen LogP contribution in [-0.2, 0) is 15.7 Å². The zero-order valence-electron chi connectivity index (χ0n) is 18.7. The zero-order valence-corrected chi connectivity index (χ0v) is 19.5. The smallest absolute Gasteiger partial charge is 0.416 e. The highest BCUT2D eigenvalue weighted by Gasteiger charge is 2.31. The van der Waals surface area contributed by atoms with Gasteiger partial charge in [-0.2, -0.15) is 17.7 Å². The topological polar surface area (TPSA) is 72.6 Å². The van der Waals surface area contributed by atoms with E-state index in [1.54, 1.807) is 31.2 Å². The number of nitrogens with zero attached hydrogens (tertiary/aromatic N) is 5. The maximum Gasteiger partial charge on any atom is 0.416 e. The van der Waals surface area contributed by atoms with Gasteiger partial charge in [0, 0.05) is 29.1 Å². The molecule has 1 fully saturated rings. The number of hydrogen-bond acceptors (Lipinski definition) is 6. The fourth-order valence-corrected chi connectivity index (χ4v) is 4.60. The van der Waals surface area contributed by atoms with Crippen LogP contribution < -0.4 is 4.90 Å². The predicted molar refractivity (Wildman–Crippen MR) is 125 cm³/mol. The van der Waals surface area contributed by atoms with Crippen molar-refractivity contribution in [1.82, 2.24) is 19.8 Å². The third kappa shape index (κ3) is 4.38. The van der Waals surface area contributed by atoms with Crippen molar-refractivity contribution >= 4 is 39.9 Å². The number of esters is 1. The van der Waals surface area contributed by atoms with Crippen LogP contribution in [0.4, 0.5) is 19.0 Å². The van der Waals surface area contributed by atoms with Crippen LogP contribution in [0.1, 0.15) is 25.3 Å². The summed E-state index contributed by atoms with van der Waals surface area (Å²) < 4.78 is 46.6. The molecule has 1 aliphatic heterocycles. The molecule has 0 bridgehead atoms. The first-order valence-corrected chi connectivity index (χ1v) is 11.6. The Labute approximate surface area is 203 Å². The minimum atomic E-state index is -4.48. The molecule has 0 unspecified atom stereocenters. The Hall–Kier alpha value is -3.40. The van der Waals surface area contributed by atoms with E-state index in [-0.39, 0.29) is 23.1 Å². The average Bonchev–Trinajstić information content (AvgIpc) is 3.27. The molecule has 0 saturated carbocycles. The third-order valence-corrected chi connectivity index (χ3v) is 6.40. The van der Waals surface area contributed by atoms with Crippen LogP contribution in [0.5, 0.6) is 0 Å². The van der Waals surface area contributed by atoms with E-state index < -0.39 is 11.7 Å². The number of anilines is 1. The van der Waals surface area contributed by atoms with Crippen molar-refractivity contribution in [3.63, 3.8) is 0 Å². The number of hydrogen-bond donors (Lipinski definition) is 0. The molecule has 0 N–H and O–H groups in total. The van der Waals surface area contributed by atoms with Gasteiger partial charge in [-0.3, -0.25) is 4.79 Å². The monoisotopic (exact) mass is 503 g/mol. The summed E-state index contributed by atoms with van der Waals surface area (Å²) in [6, 6.07) is 10.2. The summed E-state index contributed by atoms with van der Waals surface area (Å²) in [4.78, 5) is 19.0. The number of carbonyl (C=O) groups is 1. The molecule has 0 amide bonds. The fourth-order valence-electron chi connectivity index (χ4n) is 4.43. The molecule has 7 nitrogen and oxygen atoms in total. The first-order chi connectivity index (χ1) is 16.8. The van der Waals surface area contributed by atoms with Gasteiger partial charge in [0.15, 0.2) is 5.65 Å². The first kappa shape index (κ1) is 23.3. The standard InChI is InChI=1S/C24H21ClF3N5O2/c1-2-35-23(34)14-8-10-32(11-9-14)21-18-13-17(25)6-7-19(18)33-22(29-21)20(30-31-33)15-4-3-5-16(12-15)24(26,27)28/h3-7,12-14H,2,8-11H2,1H3. The van der Waals surface area contributed by atoms with Crippen LogP contribution in [0.25, 0.3) is 27.8 Å². The van der Waals surface area contributed by atoms with E-state index in [4.69, 9.17) is 21.3 Å². The van der Waals surface area contributed by atoms with Gasteiger partial charge in [0.1, 0.15) is 11.5 Å². The molecule has 0 spiro atoms.